The predicted molar refractivity (Wildman–Crippen MR) is 155 cm³/mol. The summed E-state index contributed by atoms with van der Waals surface area (Å²) in [5.41, 5.74) is 6.49. The molecule has 0 saturated heterocycles. The van der Waals surface area contributed by atoms with Crippen molar-refractivity contribution in [1.29, 1.82) is 0 Å². The number of aliphatic hydroxyl groups is 1. The maximum absolute atomic E-state index is 13.1. The SMILES string of the molecule is COCCCOc1cc(C[C@@H](C[C@H](N)[C@@H](O)CN(Cl)C(=O)C(C)(C)OC2CCCCC2)C(C)C)ccc1OC. The van der Waals surface area contributed by atoms with Gasteiger partial charge in [-0.05, 0) is 69.1 Å². The van der Waals surface area contributed by atoms with E-state index in [0.717, 1.165) is 48.5 Å². The van der Waals surface area contributed by atoms with Crippen LogP contribution in [0.3, 0.4) is 0 Å². The second kappa shape index (κ2) is 16.6. The zero-order valence-corrected chi connectivity index (χ0v) is 25.5. The summed E-state index contributed by atoms with van der Waals surface area (Å²) in [5, 5.41) is 10.9. The van der Waals surface area contributed by atoms with Gasteiger partial charge in [-0.3, -0.25) is 4.79 Å². The maximum atomic E-state index is 13.1. The molecule has 0 aromatic heterocycles. The number of ether oxygens (including phenoxy) is 4. The van der Waals surface area contributed by atoms with Crippen LogP contribution in [0.1, 0.15) is 78.2 Å². The molecular weight excluding hydrogens is 520 g/mol. The number of halogens is 1. The van der Waals surface area contributed by atoms with Crippen LogP contribution in [0.25, 0.3) is 0 Å². The van der Waals surface area contributed by atoms with E-state index < -0.39 is 17.7 Å². The molecule has 1 saturated carbocycles. The van der Waals surface area contributed by atoms with E-state index in [1.54, 1.807) is 28.1 Å². The summed E-state index contributed by atoms with van der Waals surface area (Å²) in [6.45, 7) is 8.89. The molecular formula is C30H51ClN2O6. The van der Waals surface area contributed by atoms with Crippen LogP contribution >= 0.6 is 11.8 Å². The van der Waals surface area contributed by atoms with Crippen LogP contribution in [0.4, 0.5) is 0 Å². The van der Waals surface area contributed by atoms with Crippen LogP contribution in [-0.2, 0) is 20.7 Å². The molecule has 1 aromatic rings. The van der Waals surface area contributed by atoms with E-state index in [0.29, 0.717) is 37.1 Å². The van der Waals surface area contributed by atoms with Gasteiger partial charge in [0.2, 0.25) is 0 Å². The monoisotopic (exact) mass is 570 g/mol. The van der Waals surface area contributed by atoms with Crippen LogP contribution in [0.15, 0.2) is 18.2 Å². The molecule has 0 heterocycles. The maximum Gasteiger partial charge on any atom is 0.268 e. The highest BCUT2D eigenvalue weighted by Crippen LogP contribution is 2.32. The summed E-state index contributed by atoms with van der Waals surface area (Å²) in [6.07, 6.45) is 6.58. The summed E-state index contributed by atoms with van der Waals surface area (Å²) < 4.78 is 23.7. The van der Waals surface area contributed by atoms with E-state index in [2.05, 4.69) is 13.8 Å². The van der Waals surface area contributed by atoms with Crippen molar-refractivity contribution in [2.24, 2.45) is 17.6 Å². The first kappa shape index (κ1) is 33.6. The van der Waals surface area contributed by atoms with E-state index in [1.165, 1.54) is 6.42 Å². The van der Waals surface area contributed by atoms with E-state index in [-0.39, 0.29) is 24.5 Å². The third kappa shape index (κ3) is 11.1. The summed E-state index contributed by atoms with van der Waals surface area (Å²) in [7, 11) is 3.30. The molecule has 2 rings (SSSR count). The summed E-state index contributed by atoms with van der Waals surface area (Å²) in [5.74, 6) is 1.56. The Morgan fingerprint density at radius 2 is 1.85 bits per heavy atom. The molecule has 0 spiro atoms. The Morgan fingerprint density at radius 3 is 2.46 bits per heavy atom. The van der Waals surface area contributed by atoms with Gasteiger partial charge in [-0.1, -0.05) is 39.2 Å². The number of benzene rings is 1. The number of carbonyl (C=O) groups excluding carboxylic acids is 1. The molecule has 0 aliphatic heterocycles. The Kier molecular flexibility index (Phi) is 14.3. The third-order valence-electron chi connectivity index (χ3n) is 7.58. The average Bonchev–Trinajstić information content (AvgIpc) is 2.90. The molecule has 0 radical (unpaired) electrons. The van der Waals surface area contributed by atoms with Crippen molar-refractivity contribution < 1.29 is 28.8 Å². The fourth-order valence-corrected chi connectivity index (χ4v) is 5.42. The molecule has 8 nitrogen and oxygen atoms in total. The summed E-state index contributed by atoms with van der Waals surface area (Å²) in [6, 6.07) is 5.42. The second-order valence-electron chi connectivity index (χ2n) is 11.6. The third-order valence-corrected chi connectivity index (χ3v) is 7.88. The lowest BCUT2D eigenvalue weighted by atomic mass is 9.83. The van der Waals surface area contributed by atoms with Crippen molar-refractivity contribution in [3.63, 3.8) is 0 Å². The fourth-order valence-electron chi connectivity index (χ4n) is 5.07. The highest BCUT2D eigenvalue weighted by atomic mass is 35.5. The fraction of sp³-hybridized carbons (Fsp3) is 0.767. The summed E-state index contributed by atoms with van der Waals surface area (Å²) >= 11 is 6.36. The van der Waals surface area contributed by atoms with Gasteiger partial charge in [-0.25, -0.2) is 4.42 Å². The van der Waals surface area contributed by atoms with Crippen molar-refractivity contribution in [3.05, 3.63) is 23.8 Å². The van der Waals surface area contributed by atoms with Gasteiger partial charge in [-0.15, -0.1) is 0 Å². The van der Waals surface area contributed by atoms with Crippen molar-refractivity contribution in [1.82, 2.24) is 4.42 Å². The molecule has 224 valence electrons. The molecule has 0 unspecified atom stereocenters. The number of nitrogens with zero attached hydrogens (tertiary/aromatic N) is 1. The Bertz CT molecular complexity index is 862. The Hall–Kier alpha value is -1.58. The number of rotatable bonds is 17. The lowest BCUT2D eigenvalue weighted by Crippen LogP contribution is -2.50. The highest BCUT2D eigenvalue weighted by molar-refractivity contribution is 6.22. The van der Waals surface area contributed by atoms with Crippen molar-refractivity contribution in [3.8, 4) is 11.5 Å². The largest absolute Gasteiger partial charge is 0.493 e. The topological polar surface area (TPSA) is 103 Å². The van der Waals surface area contributed by atoms with Crippen molar-refractivity contribution in [2.45, 2.75) is 103 Å². The van der Waals surface area contributed by atoms with Gasteiger partial charge in [-0.2, -0.15) is 0 Å². The molecule has 39 heavy (non-hydrogen) atoms. The highest BCUT2D eigenvalue weighted by Gasteiger charge is 2.37. The van der Waals surface area contributed by atoms with Crippen molar-refractivity contribution >= 4 is 17.7 Å². The van der Waals surface area contributed by atoms with Crippen LogP contribution in [0.2, 0.25) is 0 Å². The number of carbonyl (C=O) groups is 1. The summed E-state index contributed by atoms with van der Waals surface area (Å²) in [4.78, 5) is 13.1. The minimum atomic E-state index is -1.06. The second-order valence-corrected chi connectivity index (χ2v) is 12.0. The molecule has 3 atom stereocenters. The van der Waals surface area contributed by atoms with E-state index in [9.17, 15) is 9.90 Å². The lowest BCUT2D eigenvalue weighted by molar-refractivity contribution is -0.159. The molecule has 1 amide bonds. The van der Waals surface area contributed by atoms with E-state index in [4.69, 9.17) is 36.5 Å². The quantitative estimate of drug-likeness (QED) is 0.198. The van der Waals surface area contributed by atoms with Gasteiger partial charge >= 0.3 is 0 Å². The minimum absolute atomic E-state index is 0.0637. The van der Waals surface area contributed by atoms with Gasteiger partial charge in [0, 0.05) is 38.0 Å². The standard InChI is InChI=1S/C30H51ClN2O6/c1-21(2)23(17-22-13-14-27(37-6)28(18-22)38-16-10-15-36-5)19-25(32)26(34)20-33(31)29(35)30(3,4)39-24-11-8-7-9-12-24/h13-14,18,21,23-26,34H,7-12,15-17,19-20,32H2,1-6H3/t23-,25-,26-/m0/s1. The van der Waals surface area contributed by atoms with Crippen LogP contribution in [0.5, 0.6) is 11.5 Å². The van der Waals surface area contributed by atoms with Crippen LogP contribution in [0, 0.1) is 11.8 Å². The zero-order chi connectivity index (χ0) is 29.0. The number of amides is 1. The first-order chi connectivity index (χ1) is 18.5. The van der Waals surface area contributed by atoms with Gasteiger partial charge < -0.3 is 29.8 Å². The smallest absolute Gasteiger partial charge is 0.268 e. The van der Waals surface area contributed by atoms with Crippen molar-refractivity contribution in [2.75, 3.05) is 34.0 Å². The molecule has 3 N–H and O–H groups in total. The van der Waals surface area contributed by atoms with Gasteiger partial charge in [0.15, 0.2) is 11.5 Å². The lowest BCUT2D eigenvalue weighted by Gasteiger charge is -2.34. The molecule has 1 aromatic carbocycles. The number of aliphatic hydroxyl groups excluding tert-OH is 1. The zero-order valence-electron chi connectivity index (χ0n) is 24.8. The first-order valence-corrected chi connectivity index (χ1v) is 14.7. The number of methoxy groups -OCH3 is 2. The van der Waals surface area contributed by atoms with Crippen LogP contribution in [-0.4, -0.2) is 73.3 Å². The van der Waals surface area contributed by atoms with Crippen LogP contribution < -0.4 is 15.2 Å². The molecule has 9 heteroatoms. The Balaban J connectivity index is 1.96. The molecule has 1 fully saturated rings. The Labute approximate surface area is 240 Å². The molecule has 1 aliphatic carbocycles. The Morgan fingerprint density at radius 1 is 1.15 bits per heavy atom. The molecule has 0 bridgehead atoms. The van der Waals surface area contributed by atoms with Gasteiger partial charge in [0.05, 0.1) is 32.5 Å². The number of nitrogens with two attached hydrogens (primary N) is 1. The number of hydrogen-bond acceptors (Lipinski definition) is 7. The average molecular weight is 571 g/mol. The molecule has 1 aliphatic rings. The van der Waals surface area contributed by atoms with Gasteiger partial charge in [0.1, 0.15) is 5.60 Å². The van der Waals surface area contributed by atoms with E-state index in [1.807, 2.05) is 18.2 Å². The van der Waals surface area contributed by atoms with E-state index >= 15 is 0 Å². The number of hydrogen-bond donors (Lipinski definition) is 2. The first-order valence-electron chi connectivity index (χ1n) is 14.4. The normalized spacial score (nSPS) is 17.1. The van der Waals surface area contributed by atoms with Gasteiger partial charge in [0.25, 0.3) is 5.91 Å². The predicted octanol–water partition coefficient (Wildman–Crippen LogP) is 5.11. The minimum Gasteiger partial charge on any atom is -0.493 e.